The van der Waals surface area contributed by atoms with Gasteiger partial charge in [0.2, 0.25) is 10.0 Å². The topological polar surface area (TPSA) is 58.2 Å². The Balaban J connectivity index is 2.78. The lowest BCUT2D eigenvalue weighted by atomic mass is 11.5. The molecule has 0 aromatic rings. The Labute approximate surface area is 35.6 Å². The molecule has 0 bridgehead atoms. The fraction of sp³-hybridized carbons (Fsp3) is 1.00. The lowest BCUT2D eigenvalue weighted by Crippen LogP contribution is -2.54. The fourth-order valence-electron chi connectivity index (χ4n) is 0.190. The summed E-state index contributed by atoms with van der Waals surface area (Å²) in [6, 6.07) is 0. The number of hydrogen-bond acceptors (Lipinski definition) is 3. The smallest absolute Gasteiger partial charge is 0.228 e. The van der Waals surface area contributed by atoms with Crippen LogP contribution in [-0.4, -0.2) is 14.3 Å². The van der Waals surface area contributed by atoms with Gasteiger partial charge in [-0.15, -0.1) is 4.83 Å². The molecule has 0 spiro atoms. The highest BCUT2D eigenvalue weighted by Gasteiger charge is 2.17. The molecule has 0 radical (unpaired) electrons. The van der Waals surface area contributed by atoms with Crippen molar-refractivity contribution in [2.45, 2.75) is 0 Å². The van der Waals surface area contributed by atoms with Crippen molar-refractivity contribution in [2.24, 2.45) is 0 Å². The van der Waals surface area contributed by atoms with Crippen molar-refractivity contribution in [3.8, 4) is 0 Å². The predicted molar refractivity (Wildman–Crippen MR) is 20.1 cm³/mol. The highest BCUT2D eigenvalue weighted by Crippen LogP contribution is 1.83. The molecule has 5 heteroatoms. The van der Waals surface area contributed by atoms with E-state index in [2.05, 4.69) is 5.43 Å². The van der Waals surface area contributed by atoms with E-state index < -0.39 is 10.0 Å². The summed E-state index contributed by atoms with van der Waals surface area (Å²) in [4.78, 5) is 2.01. The molecule has 1 aliphatic heterocycles. The zero-order valence-electron chi connectivity index (χ0n) is 2.93. The molecule has 2 N–H and O–H groups in total. The summed E-state index contributed by atoms with van der Waals surface area (Å²) in [5.41, 5.74) is 2.36. The number of hydrazine groups is 1. The van der Waals surface area contributed by atoms with Gasteiger partial charge in [0, 0.05) is 0 Å². The van der Waals surface area contributed by atoms with Crippen molar-refractivity contribution in [1.82, 2.24) is 10.3 Å². The van der Waals surface area contributed by atoms with E-state index in [1.54, 1.807) is 0 Å². The van der Waals surface area contributed by atoms with Crippen LogP contribution in [0.5, 0.6) is 0 Å². The number of hydrogen-bond donors (Lipinski definition) is 2. The van der Waals surface area contributed by atoms with E-state index in [0.717, 1.165) is 0 Å². The molecular weight excluding hydrogens is 104 g/mol. The summed E-state index contributed by atoms with van der Waals surface area (Å²) in [6.45, 7) is 0. The molecule has 0 saturated carbocycles. The van der Waals surface area contributed by atoms with Gasteiger partial charge in [0.05, 0.1) is 0 Å². The third-order valence-corrected chi connectivity index (χ3v) is 1.47. The Kier molecular flexibility index (Phi) is 0.624. The quantitative estimate of drug-likeness (QED) is 0.392. The molecule has 0 atom stereocenters. The molecule has 0 unspecified atom stereocenters. The van der Waals surface area contributed by atoms with Crippen LogP contribution < -0.4 is 10.3 Å². The van der Waals surface area contributed by atoms with Crippen LogP contribution in [-0.2, 0) is 10.0 Å². The number of nitrogens with one attached hydrogen (secondary N) is 2. The first-order valence-corrected chi connectivity index (χ1v) is 3.08. The van der Waals surface area contributed by atoms with Gasteiger partial charge in [-0.05, 0) is 0 Å². The first kappa shape index (κ1) is 4.04. The van der Waals surface area contributed by atoms with E-state index in [1.165, 1.54) is 0 Å². The maximum Gasteiger partial charge on any atom is 0.238 e. The van der Waals surface area contributed by atoms with Crippen molar-refractivity contribution in [3.05, 3.63) is 0 Å². The van der Waals surface area contributed by atoms with E-state index in [9.17, 15) is 8.42 Å². The van der Waals surface area contributed by atoms with Crippen LogP contribution in [0.3, 0.4) is 0 Å². The van der Waals surface area contributed by atoms with Crippen LogP contribution in [0.1, 0.15) is 0 Å². The van der Waals surface area contributed by atoms with Crippen LogP contribution in [0, 0.1) is 0 Å². The van der Waals surface area contributed by atoms with Gasteiger partial charge in [-0.25, -0.2) is 13.8 Å². The van der Waals surface area contributed by atoms with Gasteiger partial charge < -0.3 is 0 Å². The van der Waals surface area contributed by atoms with Crippen molar-refractivity contribution >= 4 is 10.0 Å². The molecule has 6 heavy (non-hydrogen) atoms. The molecule has 1 heterocycles. The highest BCUT2D eigenvalue weighted by atomic mass is 32.2. The van der Waals surface area contributed by atoms with Gasteiger partial charge in [0.15, 0.2) is 0 Å². The predicted octanol–water partition coefficient (Wildman–Crippen LogP) is -1.62. The van der Waals surface area contributed by atoms with Crippen molar-refractivity contribution in [1.29, 1.82) is 0 Å². The SMILES string of the molecule is O=S1(=O)CNN1. The second kappa shape index (κ2) is 0.927. The molecule has 1 saturated heterocycles. The average molecular weight is 108 g/mol. The van der Waals surface area contributed by atoms with Crippen LogP contribution in [0.15, 0.2) is 0 Å². The molecule has 1 fully saturated rings. The van der Waals surface area contributed by atoms with E-state index in [1.807, 2.05) is 4.83 Å². The summed E-state index contributed by atoms with van der Waals surface area (Å²) in [5, 5.41) is 0. The molecule has 0 amide bonds. The second-order valence-corrected chi connectivity index (χ2v) is 2.76. The van der Waals surface area contributed by atoms with E-state index in [0.29, 0.717) is 0 Å². The van der Waals surface area contributed by atoms with Crippen molar-refractivity contribution < 1.29 is 8.42 Å². The van der Waals surface area contributed by atoms with Crippen LogP contribution in [0.4, 0.5) is 0 Å². The van der Waals surface area contributed by atoms with Gasteiger partial charge in [-0.2, -0.15) is 0 Å². The molecule has 1 aliphatic rings. The monoisotopic (exact) mass is 108 g/mol. The normalized spacial score (nSPS) is 28.7. The third kappa shape index (κ3) is 0.515. The zero-order valence-corrected chi connectivity index (χ0v) is 3.75. The van der Waals surface area contributed by atoms with Gasteiger partial charge in [-0.1, -0.05) is 0 Å². The first-order chi connectivity index (χ1) is 2.71. The Morgan fingerprint density at radius 2 is 1.83 bits per heavy atom. The van der Waals surface area contributed by atoms with Crippen molar-refractivity contribution in [2.75, 3.05) is 5.88 Å². The maximum absolute atomic E-state index is 9.91. The largest absolute Gasteiger partial charge is 0.238 e. The number of rotatable bonds is 0. The third-order valence-electron chi connectivity index (χ3n) is 0.490. The average Bonchev–Trinajstić information content (AvgIpc) is 1.32. The summed E-state index contributed by atoms with van der Waals surface area (Å²) in [7, 11) is -2.84. The van der Waals surface area contributed by atoms with Crippen LogP contribution in [0.2, 0.25) is 0 Å². The Morgan fingerprint density at radius 3 is 1.83 bits per heavy atom. The molecule has 0 aromatic heterocycles. The molecular formula is CH4N2O2S. The van der Waals surface area contributed by atoms with Crippen molar-refractivity contribution in [3.63, 3.8) is 0 Å². The van der Waals surface area contributed by atoms with Gasteiger partial charge >= 0.3 is 0 Å². The van der Waals surface area contributed by atoms with Gasteiger partial charge in [0.25, 0.3) is 0 Å². The standard InChI is InChI=1S/CH4N2O2S/c4-6(5)1-2-3-6/h2-3H,1H2. The lowest BCUT2D eigenvalue weighted by Gasteiger charge is -2.14. The minimum absolute atomic E-state index is 0.0625. The molecule has 36 valence electrons. The molecule has 0 aromatic carbocycles. The van der Waals surface area contributed by atoms with Crippen LogP contribution >= 0.6 is 0 Å². The summed E-state index contributed by atoms with van der Waals surface area (Å²) in [6.07, 6.45) is 0. The molecule has 4 nitrogen and oxygen atoms in total. The molecule has 1 rings (SSSR count). The summed E-state index contributed by atoms with van der Waals surface area (Å²) >= 11 is 0. The lowest BCUT2D eigenvalue weighted by molar-refractivity contribution is 0.524. The summed E-state index contributed by atoms with van der Waals surface area (Å²) < 4.78 is 19.8. The van der Waals surface area contributed by atoms with E-state index >= 15 is 0 Å². The van der Waals surface area contributed by atoms with Crippen LogP contribution in [0.25, 0.3) is 0 Å². The Hall–Kier alpha value is -0.130. The maximum atomic E-state index is 9.91. The Morgan fingerprint density at radius 1 is 1.50 bits per heavy atom. The molecule has 0 aliphatic carbocycles. The zero-order chi connectivity index (χ0) is 4.62. The first-order valence-electron chi connectivity index (χ1n) is 1.43. The second-order valence-electron chi connectivity index (χ2n) is 1.04. The number of sulfonamides is 1. The Bertz CT molecular complexity index is 126. The minimum Gasteiger partial charge on any atom is -0.228 e. The summed E-state index contributed by atoms with van der Waals surface area (Å²) in [5.74, 6) is 0.0625. The highest BCUT2D eigenvalue weighted by molar-refractivity contribution is 7.90. The van der Waals surface area contributed by atoms with E-state index in [-0.39, 0.29) is 5.88 Å². The minimum atomic E-state index is -2.84. The fourth-order valence-corrected chi connectivity index (χ4v) is 0.570. The van der Waals surface area contributed by atoms with E-state index in [4.69, 9.17) is 0 Å². The van der Waals surface area contributed by atoms with Gasteiger partial charge in [-0.3, -0.25) is 0 Å². The van der Waals surface area contributed by atoms with Gasteiger partial charge in [0.1, 0.15) is 5.88 Å².